The number of hydrogen-bond donors (Lipinski definition) is 2. The molecule has 2 amide bonds. The van der Waals surface area contributed by atoms with E-state index in [0.29, 0.717) is 40.3 Å². The molecule has 0 bridgehead atoms. The molecule has 0 saturated carbocycles. The Balaban J connectivity index is 1.42. The van der Waals surface area contributed by atoms with Gasteiger partial charge in [-0.25, -0.2) is 26.7 Å². The Kier molecular flexibility index (Phi) is 12.0. The van der Waals surface area contributed by atoms with E-state index in [9.17, 15) is 31.6 Å². The number of halogens is 3. The fourth-order valence-corrected chi connectivity index (χ4v) is 6.85. The van der Waals surface area contributed by atoms with Gasteiger partial charge in [0.15, 0.2) is 11.6 Å². The molecule has 1 aromatic heterocycles. The predicted octanol–water partition coefficient (Wildman–Crippen LogP) is 6.23. The minimum atomic E-state index is -4.51. The lowest BCUT2D eigenvalue weighted by atomic mass is 10.0. The van der Waals surface area contributed by atoms with Crippen LogP contribution >= 0.6 is 15.9 Å². The number of amides is 2. The molecule has 0 aliphatic heterocycles. The molecule has 0 fully saturated rings. The highest BCUT2D eigenvalue weighted by Crippen LogP contribution is 2.29. The number of anilines is 1. The van der Waals surface area contributed by atoms with Gasteiger partial charge >= 0.3 is 5.69 Å². The van der Waals surface area contributed by atoms with Crippen molar-refractivity contribution in [1.82, 2.24) is 19.1 Å². The summed E-state index contributed by atoms with van der Waals surface area (Å²) < 4.78 is 64.9. The number of carbonyl (C=O) groups excluding carboxylic acids is 2. The van der Waals surface area contributed by atoms with Crippen LogP contribution < -0.4 is 15.7 Å². The zero-order valence-electron chi connectivity index (χ0n) is 27.7. The quantitative estimate of drug-likeness (QED) is 0.136. The Morgan fingerprint density at radius 1 is 0.961 bits per heavy atom. The number of carbonyl (C=O) groups is 2. The third-order valence-corrected chi connectivity index (χ3v) is 9.85. The summed E-state index contributed by atoms with van der Waals surface area (Å²) >= 11 is 3.50. The second-order valence-corrected chi connectivity index (χ2v) is 13.9. The van der Waals surface area contributed by atoms with Gasteiger partial charge in [-0.1, -0.05) is 61.9 Å². The Hall–Kier alpha value is -4.99. The standard InChI is InChI=1S/C36H34BrF2N5O6S/c1-3-5-13-32-41-44(30-20-25(18-19-28(30)37)40-33(45)22-50-4-2)36(47)43(32)21-23-14-16-24(17-15-23)26-9-6-7-12-31(26)51(48,49)42-35(46)27-10-8-11-29(38)34(27)39/h6-12,14-20H,3-5,13,21-22H2,1-2H3,(H,40,45)(H,42,46). The maximum atomic E-state index is 14.2. The average Bonchev–Trinajstić information content (AvgIpc) is 3.42. The SMILES string of the molecule is CCCCc1nn(-c2cc(NC(=O)COCC)ccc2Br)c(=O)n1Cc1ccc(-c2ccccc2S(=O)(=O)NC(=O)c2cccc(F)c2F)cc1. The summed E-state index contributed by atoms with van der Waals surface area (Å²) in [5, 5.41) is 7.42. The largest absolute Gasteiger partial charge is 0.372 e. The van der Waals surface area contributed by atoms with Gasteiger partial charge in [-0.3, -0.25) is 14.2 Å². The van der Waals surface area contributed by atoms with E-state index in [2.05, 4.69) is 26.3 Å². The summed E-state index contributed by atoms with van der Waals surface area (Å²) in [4.78, 5) is 38.5. The van der Waals surface area contributed by atoms with Crippen LogP contribution in [0.15, 0.2) is 99.1 Å². The van der Waals surface area contributed by atoms with E-state index >= 15 is 0 Å². The van der Waals surface area contributed by atoms with Crippen LogP contribution in [0.3, 0.4) is 0 Å². The van der Waals surface area contributed by atoms with Gasteiger partial charge in [0.05, 0.1) is 22.7 Å². The highest BCUT2D eigenvalue weighted by molar-refractivity contribution is 9.10. The lowest BCUT2D eigenvalue weighted by Gasteiger charge is -2.13. The van der Waals surface area contributed by atoms with Crippen LogP contribution in [0.4, 0.5) is 14.5 Å². The monoisotopic (exact) mass is 781 g/mol. The first-order valence-corrected chi connectivity index (χ1v) is 18.3. The normalized spacial score (nSPS) is 11.4. The molecule has 0 radical (unpaired) electrons. The van der Waals surface area contributed by atoms with E-state index in [-0.39, 0.29) is 29.5 Å². The minimum absolute atomic E-state index is 0.105. The van der Waals surface area contributed by atoms with E-state index in [1.165, 1.54) is 16.8 Å². The van der Waals surface area contributed by atoms with Gasteiger partial charge in [0.1, 0.15) is 12.4 Å². The number of unbranched alkanes of at least 4 members (excludes halogenated alkanes) is 1. The van der Waals surface area contributed by atoms with Crippen LogP contribution in [0.2, 0.25) is 0 Å². The molecular weight excluding hydrogens is 748 g/mol. The Labute approximate surface area is 301 Å². The van der Waals surface area contributed by atoms with Crippen molar-refractivity contribution in [1.29, 1.82) is 0 Å². The van der Waals surface area contributed by atoms with Gasteiger partial charge in [0, 0.05) is 28.8 Å². The number of sulfonamides is 1. The molecule has 0 spiro atoms. The number of nitrogens with one attached hydrogen (secondary N) is 2. The summed E-state index contributed by atoms with van der Waals surface area (Å²) in [6, 6.07) is 20.8. The van der Waals surface area contributed by atoms with Crippen LogP contribution in [0, 0.1) is 11.6 Å². The van der Waals surface area contributed by atoms with E-state index in [0.717, 1.165) is 36.6 Å². The predicted molar refractivity (Wildman–Crippen MR) is 191 cm³/mol. The van der Waals surface area contributed by atoms with E-state index in [4.69, 9.17) is 4.74 Å². The number of benzene rings is 4. The average molecular weight is 783 g/mol. The Bertz CT molecular complexity index is 2240. The number of aryl methyl sites for hydroxylation is 1. The first-order valence-electron chi connectivity index (χ1n) is 16.0. The molecule has 0 atom stereocenters. The minimum Gasteiger partial charge on any atom is -0.372 e. The van der Waals surface area contributed by atoms with Crippen molar-refractivity contribution in [3.05, 3.63) is 128 Å². The Morgan fingerprint density at radius 3 is 2.43 bits per heavy atom. The van der Waals surface area contributed by atoms with Crippen molar-refractivity contribution >= 4 is 43.5 Å². The Morgan fingerprint density at radius 2 is 1.71 bits per heavy atom. The van der Waals surface area contributed by atoms with Crippen molar-refractivity contribution in [2.24, 2.45) is 0 Å². The fraction of sp³-hybridized carbons (Fsp3) is 0.222. The second-order valence-electron chi connectivity index (χ2n) is 11.4. The molecule has 0 unspecified atom stereocenters. The third kappa shape index (κ3) is 8.67. The smallest absolute Gasteiger partial charge is 0.351 e. The molecule has 15 heteroatoms. The molecular formula is C36H34BrF2N5O6S. The molecule has 1 heterocycles. The van der Waals surface area contributed by atoms with Crippen LogP contribution in [-0.2, 0) is 32.5 Å². The van der Waals surface area contributed by atoms with Crippen molar-refractivity contribution in [3.8, 4) is 16.8 Å². The van der Waals surface area contributed by atoms with E-state index < -0.39 is 38.8 Å². The fourth-order valence-electron chi connectivity index (χ4n) is 5.24. The number of ether oxygens (including phenoxy) is 1. The lowest BCUT2D eigenvalue weighted by molar-refractivity contribution is -0.120. The summed E-state index contributed by atoms with van der Waals surface area (Å²) in [6.45, 7) is 4.28. The number of aromatic nitrogens is 3. The van der Waals surface area contributed by atoms with E-state index in [1.54, 1.807) is 66.1 Å². The van der Waals surface area contributed by atoms with Gasteiger partial charge in [-0.15, -0.1) is 5.10 Å². The molecule has 2 N–H and O–H groups in total. The summed E-state index contributed by atoms with van der Waals surface area (Å²) in [7, 11) is -4.51. The molecule has 51 heavy (non-hydrogen) atoms. The molecule has 5 aromatic rings. The summed E-state index contributed by atoms with van der Waals surface area (Å²) in [6.07, 6.45) is 2.20. The zero-order chi connectivity index (χ0) is 36.7. The van der Waals surface area contributed by atoms with Gasteiger partial charge in [-0.2, -0.15) is 4.68 Å². The number of hydrogen-bond acceptors (Lipinski definition) is 7. The highest BCUT2D eigenvalue weighted by atomic mass is 79.9. The number of nitrogens with zero attached hydrogens (tertiary/aromatic N) is 3. The molecule has 5 rings (SSSR count). The second kappa shape index (κ2) is 16.4. The summed E-state index contributed by atoms with van der Waals surface area (Å²) in [5.41, 5.74) is 1.23. The first-order chi connectivity index (χ1) is 24.4. The van der Waals surface area contributed by atoms with Crippen LogP contribution in [0.5, 0.6) is 0 Å². The van der Waals surface area contributed by atoms with Gasteiger partial charge in [0.25, 0.3) is 15.9 Å². The lowest BCUT2D eigenvalue weighted by Crippen LogP contribution is -2.31. The summed E-state index contributed by atoms with van der Waals surface area (Å²) in [5.74, 6) is -3.83. The topological polar surface area (TPSA) is 141 Å². The van der Waals surface area contributed by atoms with Gasteiger partial charge in [-0.05, 0) is 76.8 Å². The number of rotatable bonds is 14. The maximum absolute atomic E-state index is 14.2. The van der Waals surface area contributed by atoms with Crippen molar-refractivity contribution in [2.75, 3.05) is 18.5 Å². The zero-order valence-corrected chi connectivity index (χ0v) is 30.1. The molecule has 11 nitrogen and oxygen atoms in total. The van der Waals surface area contributed by atoms with Crippen molar-refractivity contribution in [2.45, 2.75) is 44.6 Å². The highest BCUT2D eigenvalue weighted by Gasteiger charge is 2.25. The molecule has 0 aliphatic carbocycles. The van der Waals surface area contributed by atoms with Crippen LogP contribution in [-0.4, -0.2) is 47.8 Å². The first kappa shape index (κ1) is 37.3. The van der Waals surface area contributed by atoms with E-state index in [1.807, 2.05) is 11.6 Å². The molecule has 4 aromatic carbocycles. The van der Waals surface area contributed by atoms with Crippen LogP contribution in [0.1, 0.15) is 48.4 Å². The van der Waals surface area contributed by atoms with Gasteiger partial charge in [0.2, 0.25) is 5.91 Å². The molecule has 0 saturated heterocycles. The van der Waals surface area contributed by atoms with Crippen molar-refractivity contribution in [3.63, 3.8) is 0 Å². The van der Waals surface area contributed by atoms with Crippen molar-refractivity contribution < 1.29 is 31.5 Å². The molecule has 266 valence electrons. The molecule has 0 aliphatic rings. The maximum Gasteiger partial charge on any atom is 0.351 e. The van der Waals surface area contributed by atoms with Gasteiger partial charge < -0.3 is 10.1 Å². The third-order valence-electron chi connectivity index (χ3n) is 7.79. The van der Waals surface area contributed by atoms with Crippen LogP contribution in [0.25, 0.3) is 16.8 Å².